The number of aromatic nitrogens is 1. The van der Waals surface area contributed by atoms with Crippen LogP contribution in [0.4, 0.5) is 10.1 Å². The zero-order valence-electron chi connectivity index (χ0n) is 10.1. The predicted octanol–water partition coefficient (Wildman–Crippen LogP) is 2.30. The Hall–Kier alpha value is -1.93. The summed E-state index contributed by atoms with van der Waals surface area (Å²) in [6.07, 6.45) is 0. The van der Waals surface area contributed by atoms with E-state index in [1.54, 1.807) is 6.92 Å². The molecule has 20 heavy (non-hydrogen) atoms. The van der Waals surface area contributed by atoms with Gasteiger partial charge in [0, 0.05) is 16.7 Å². The summed E-state index contributed by atoms with van der Waals surface area (Å²) in [4.78, 5) is 11.3. The predicted molar refractivity (Wildman–Crippen MR) is 68.6 cm³/mol. The Bertz CT molecular complexity index is 772. The van der Waals surface area contributed by atoms with E-state index in [-0.39, 0.29) is 11.4 Å². The van der Waals surface area contributed by atoms with Crippen LogP contribution in [-0.4, -0.2) is 19.5 Å². The van der Waals surface area contributed by atoms with E-state index in [9.17, 15) is 17.6 Å². The van der Waals surface area contributed by atoms with Crippen molar-refractivity contribution in [3.63, 3.8) is 0 Å². The van der Waals surface area contributed by atoms with Gasteiger partial charge in [-0.25, -0.2) is 12.8 Å². The Labute approximate surface area is 117 Å². The number of rotatable bonds is 3. The van der Waals surface area contributed by atoms with E-state index in [1.807, 2.05) is 0 Å². The van der Waals surface area contributed by atoms with Crippen molar-refractivity contribution in [2.45, 2.75) is 11.8 Å². The first-order valence-electron chi connectivity index (χ1n) is 5.26. The van der Waals surface area contributed by atoms with Crippen LogP contribution in [0.15, 0.2) is 33.7 Å². The van der Waals surface area contributed by atoms with Gasteiger partial charge in [0.05, 0.1) is 16.3 Å². The normalized spacial score (nSPS) is 11.3. The van der Waals surface area contributed by atoms with Crippen LogP contribution in [-0.2, 0) is 9.05 Å². The summed E-state index contributed by atoms with van der Waals surface area (Å²) < 4.78 is 40.5. The molecule has 2 rings (SSSR count). The second-order valence-corrected chi connectivity index (χ2v) is 6.43. The maximum absolute atomic E-state index is 13.7. The van der Waals surface area contributed by atoms with Gasteiger partial charge in [-0.15, -0.1) is 0 Å². The molecule has 0 fully saturated rings. The van der Waals surface area contributed by atoms with Gasteiger partial charge < -0.3 is 9.84 Å². The summed E-state index contributed by atoms with van der Waals surface area (Å²) in [6.45, 7) is 1.63. The van der Waals surface area contributed by atoms with Gasteiger partial charge >= 0.3 is 0 Å². The number of hydrogen-bond donors (Lipinski definition) is 1. The maximum Gasteiger partial charge on any atom is 0.294 e. The van der Waals surface area contributed by atoms with E-state index < -0.39 is 25.7 Å². The Morgan fingerprint density at radius 3 is 2.60 bits per heavy atom. The van der Waals surface area contributed by atoms with Crippen molar-refractivity contribution in [2.24, 2.45) is 0 Å². The highest BCUT2D eigenvalue weighted by Gasteiger charge is 2.17. The number of amides is 1. The number of nitrogens with zero attached hydrogens (tertiary/aromatic N) is 1. The first-order chi connectivity index (χ1) is 9.27. The summed E-state index contributed by atoms with van der Waals surface area (Å²) in [5.74, 6) is -1.72. The van der Waals surface area contributed by atoms with Crippen LogP contribution in [0.1, 0.15) is 16.2 Å². The Morgan fingerprint density at radius 1 is 1.40 bits per heavy atom. The van der Waals surface area contributed by atoms with Gasteiger partial charge in [0.15, 0.2) is 0 Å². The molecule has 0 aliphatic heterocycles. The van der Waals surface area contributed by atoms with Crippen LogP contribution in [0, 0.1) is 12.7 Å². The quantitative estimate of drug-likeness (QED) is 0.877. The molecule has 0 atom stereocenters. The largest absolute Gasteiger partial charge is 0.351 e. The number of hydrogen-bond acceptors (Lipinski definition) is 5. The summed E-state index contributed by atoms with van der Waals surface area (Å²) >= 11 is 0. The summed E-state index contributed by atoms with van der Waals surface area (Å²) in [5.41, 5.74) is 0.298. The maximum atomic E-state index is 13.7. The van der Waals surface area contributed by atoms with Crippen molar-refractivity contribution in [2.75, 3.05) is 5.32 Å². The third kappa shape index (κ3) is 3.14. The third-order valence-corrected chi connectivity index (χ3v) is 3.67. The zero-order valence-corrected chi connectivity index (χ0v) is 11.6. The summed E-state index contributed by atoms with van der Waals surface area (Å²) in [6, 6.07) is 4.26. The Balaban J connectivity index is 2.25. The number of nitrogens with one attached hydrogen (secondary N) is 1. The summed E-state index contributed by atoms with van der Waals surface area (Å²) in [7, 11) is 1.05. The topological polar surface area (TPSA) is 89.3 Å². The van der Waals surface area contributed by atoms with Gasteiger partial charge in [-0.2, -0.15) is 0 Å². The second kappa shape index (κ2) is 5.22. The number of anilines is 1. The van der Waals surface area contributed by atoms with E-state index in [4.69, 9.17) is 15.2 Å². The van der Waals surface area contributed by atoms with Crippen molar-refractivity contribution in [3.05, 3.63) is 41.5 Å². The molecule has 0 aliphatic carbocycles. The first-order valence-corrected chi connectivity index (χ1v) is 7.57. The molecule has 1 aromatic carbocycles. The summed E-state index contributed by atoms with van der Waals surface area (Å²) in [5, 5.41) is 5.75. The van der Waals surface area contributed by atoms with Crippen LogP contribution in [0.3, 0.4) is 0 Å². The highest BCUT2D eigenvalue weighted by Crippen LogP contribution is 2.22. The monoisotopic (exact) mass is 318 g/mol. The molecule has 106 valence electrons. The second-order valence-electron chi connectivity index (χ2n) is 3.87. The van der Waals surface area contributed by atoms with Crippen molar-refractivity contribution in [3.8, 4) is 0 Å². The average Bonchev–Trinajstić information content (AvgIpc) is 2.77. The lowest BCUT2D eigenvalue weighted by Crippen LogP contribution is -2.12. The SMILES string of the molecule is Cc1cc(C(=O)Nc2ccc(S(=O)(=O)Cl)cc2F)on1. The van der Waals surface area contributed by atoms with Gasteiger partial charge in [0.25, 0.3) is 15.0 Å². The average molecular weight is 319 g/mol. The van der Waals surface area contributed by atoms with E-state index in [1.165, 1.54) is 6.07 Å². The molecule has 1 N–H and O–H groups in total. The zero-order chi connectivity index (χ0) is 14.9. The highest BCUT2D eigenvalue weighted by atomic mass is 35.7. The fourth-order valence-corrected chi connectivity index (χ4v) is 2.17. The van der Waals surface area contributed by atoms with Crippen LogP contribution in [0.5, 0.6) is 0 Å². The highest BCUT2D eigenvalue weighted by molar-refractivity contribution is 8.13. The fourth-order valence-electron chi connectivity index (χ4n) is 1.40. The number of benzene rings is 1. The first kappa shape index (κ1) is 14.5. The van der Waals surface area contributed by atoms with Gasteiger partial charge in [-0.1, -0.05) is 5.16 Å². The van der Waals surface area contributed by atoms with Gasteiger partial charge in [0.2, 0.25) is 5.76 Å². The van der Waals surface area contributed by atoms with Crippen LogP contribution in [0.2, 0.25) is 0 Å². The minimum absolute atomic E-state index is 0.0871. The van der Waals surface area contributed by atoms with Crippen molar-refractivity contribution < 1.29 is 22.1 Å². The number of carbonyl (C=O) groups excluding carboxylic acids is 1. The number of carbonyl (C=O) groups is 1. The molecule has 0 bridgehead atoms. The molecule has 1 amide bonds. The van der Waals surface area contributed by atoms with E-state index in [0.717, 1.165) is 12.1 Å². The van der Waals surface area contributed by atoms with Crippen molar-refractivity contribution in [1.29, 1.82) is 0 Å². The lowest BCUT2D eigenvalue weighted by atomic mass is 10.3. The minimum Gasteiger partial charge on any atom is -0.351 e. The van der Waals surface area contributed by atoms with Crippen LogP contribution in [0.25, 0.3) is 0 Å². The van der Waals surface area contributed by atoms with Crippen molar-refractivity contribution in [1.82, 2.24) is 5.16 Å². The van der Waals surface area contributed by atoms with Gasteiger partial charge in [-0.05, 0) is 25.1 Å². The van der Waals surface area contributed by atoms with Crippen molar-refractivity contribution >= 4 is 31.3 Å². The number of halogens is 2. The standard InChI is InChI=1S/C11H8ClFN2O4S/c1-6-4-10(19-15-6)11(16)14-9-3-2-7(5-8(9)13)20(12,17)18/h2-5H,1H3,(H,14,16). The molecule has 9 heteroatoms. The molecule has 1 heterocycles. The lowest BCUT2D eigenvalue weighted by Gasteiger charge is -2.05. The smallest absolute Gasteiger partial charge is 0.294 e. The Morgan fingerprint density at radius 2 is 2.10 bits per heavy atom. The molecule has 6 nitrogen and oxygen atoms in total. The number of aryl methyl sites for hydroxylation is 1. The molecule has 0 saturated carbocycles. The van der Waals surface area contributed by atoms with E-state index in [0.29, 0.717) is 11.8 Å². The lowest BCUT2D eigenvalue weighted by molar-refractivity contribution is 0.0987. The van der Waals surface area contributed by atoms with Crippen LogP contribution < -0.4 is 5.32 Å². The molecule has 0 radical (unpaired) electrons. The van der Waals surface area contributed by atoms with Crippen LogP contribution >= 0.6 is 10.7 Å². The molecule has 0 saturated heterocycles. The Kier molecular flexibility index (Phi) is 3.78. The fraction of sp³-hybridized carbons (Fsp3) is 0.0909. The van der Waals surface area contributed by atoms with E-state index >= 15 is 0 Å². The molecule has 1 aromatic heterocycles. The molecule has 0 unspecified atom stereocenters. The third-order valence-electron chi connectivity index (χ3n) is 2.32. The van der Waals surface area contributed by atoms with E-state index in [2.05, 4.69) is 10.5 Å². The molecular weight excluding hydrogens is 311 g/mol. The molecule has 0 aliphatic rings. The molecule has 2 aromatic rings. The minimum atomic E-state index is -4.03. The van der Waals surface area contributed by atoms with Gasteiger partial charge in [0.1, 0.15) is 5.82 Å². The van der Waals surface area contributed by atoms with Gasteiger partial charge in [-0.3, -0.25) is 4.79 Å². The molecule has 0 spiro atoms. The molecular formula is C11H8ClFN2O4S.